The van der Waals surface area contributed by atoms with E-state index in [0.29, 0.717) is 6.54 Å². The number of hydrogen-bond donors (Lipinski definition) is 2. The molecule has 1 fully saturated rings. The first-order chi connectivity index (χ1) is 13.3. The van der Waals surface area contributed by atoms with Crippen LogP contribution in [0.5, 0.6) is 0 Å². The fourth-order valence-corrected chi connectivity index (χ4v) is 4.15. The Morgan fingerprint density at radius 1 is 1.07 bits per heavy atom. The number of nitrogens with one attached hydrogen (secondary N) is 1. The summed E-state index contributed by atoms with van der Waals surface area (Å²) in [5.74, 6) is 0. The summed E-state index contributed by atoms with van der Waals surface area (Å²) in [7, 11) is 0. The van der Waals surface area contributed by atoms with Crippen LogP contribution >= 0.6 is 0 Å². The largest absolute Gasteiger partial charge is 0.465 e. The zero-order chi connectivity index (χ0) is 20.1. The van der Waals surface area contributed by atoms with Crippen LogP contribution in [0.1, 0.15) is 51.2 Å². The van der Waals surface area contributed by atoms with Crippen molar-refractivity contribution in [1.29, 1.82) is 0 Å². The van der Waals surface area contributed by atoms with Gasteiger partial charge in [-0.2, -0.15) is 0 Å². The molecule has 1 heterocycles. The summed E-state index contributed by atoms with van der Waals surface area (Å²) in [5, 5.41) is 13.3. The maximum atomic E-state index is 11.7. The van der Waals surface area contributed by atoms with Crippen LogP contribution in [0.15, 0.2) is 54.6 Å². The van der Waals surface area contributed by atoms with Gasteiger partial charge in [-0.25, -0.2) is 4.79 Å². The molecule has 0 saturated carbocycles. The van der Waals surface area contributed by atoms with Gasteiger partial charge in [-0.15, -0.1) is 0 Å². The van der Waals surface area contributed by atoms with Crippen molar-refractivity contribution in [2.45, 2.75) is 58.5 Å². The van der Waals surface area contributed by atoms with Crippen molar-refractivity contribution < 1.29 is 9.90 Å². The number of carbonyl (C=O) groups is 1. The first-order valence-electron chi connectivity index (χ1n) is 10.2. The summed E-state index contributed by atoms with van der Waals surface area (Å²) >= 11 is 0. The maximum absolute atomic E-state index is 11.7. The summed E-state index contributed by atoms with van der Waals surface area (Å²) in [6, 6.07) is 19.4. The molecule has 1 aliphatic heterocycles. The molecule has 2 aromatic rings. The molecule has 2 aromatic carbocycles. The Labute approximate surface area is 168 Å². The summed E-state index contributed by atoms with van der Waals surface area (Å²) < 4.78 is 0. The molecule has 0 aromatic heterocycles. The van der Waals surface area contributed by atoms with Crippen molar-refractivity contribution in [2.24, 2.45) is 5.41 Å². The summed E-state index contributed by atoms with van der Waals surface area (Å²) in [6.07, 6.45) is 2.85. The fraction of sp³-hybridized carbons (Fsp3) is 0.458. The smallest absolute Gasteiger partial charge is 0.407 e. The third kappa shape index (κ3) is 5.28. The van der Waals surface area contributed by atoms with Gasteiger partial charge in [-0.1, -0.05) is 63.2 Å². The Balaban J connectivity index is 1.66. The highest BCUT2D eigenvalue weighted by Crippen LogP contribution is 2.32. The van der Waals surface area contributed by atoms with Gasteiger partial charge >= 0.3 is 6.09 Å². The van der Waals surface area contributed by atoms with Crippen LogP contribution in [0.25, 0.3) is 0 Å². The molecule has 2 unspecified atom stereocenters. The third-order valence-corrected chi connectivity index (χ3v) is 5.66. The zero-order valence-electron chi connectivity index (χ0n) is 17.2. The minimum Gasteiger partial charge on any atom is -0.465 e. The van der Waals surface area contributed by atoms with Crippen molar-refractivity contribution in [3.63, 3.8) is 0 Å². The second-order valence-electron chi connectivity index (χ2n) is 8.94. The Morgan fingerprint density at radius 3 is 2.32 bits per heavy atom. The molecule has 1 aliphatic rings. The van der Waals surface area contributed by atoms with Crippen molar-refractivity contribution in [3.05, 3.63) is 65.7 Å². The average molecular weight is 381 g/mol. The van der Waals surface area contributed by atoms with Crippen molar-refractivity contribution in [2.75, 3.05) is 11.9 Å². The molecule has 2 atom stereocenters. The highest BCUT2D eigenvalue weighted by Gasteiger charge is 2.36. The van der Waals surface area contributed by atoms with Gasteiger partial charge in [0, 0.05) is 24.3 Å². The van der Waals surface area contributed by atoms with Crippen molar-refractivity contribution in [3.8, 4) is 0 Å². The number of anilines is 1. The lowest BCUT2D eigenvalue weighted by Crippen LogP contribution is -2.47. The SMILES string of the molecule is CC(C)(C)C1CC(Nc2ccc(Cc3ccccc3)cc2)CCCN1C(=O)O. The predicted octanol–water partition coefficient (Wildman–Crippen LogP) is 5.64. The molecule has 0 aliphatic carbocycles. The van der Waals surface area contributed by atoms with E-state index in [-0.39, 0.29) is 17.5 Å². The van der Waals surface area contributed by atoms with Crippen LogP contribution in [-0.2, 0) is 6.42 Å². The lowest BCUT2D eigenvalue weighted by atomic mass is 9.82. The summed E-state index contributed by atoms with van der Waals surface area (Å²) in [6.45, 7) is 7.02. The number of nitrogens with zero attached hydrogens (tertiary/aromatic N) is 1. The molecule has 3 rings (SSSR count). The van der Waals surface area contributed by atoms with E-state index >= 15 is 0 Å². The number of carboxylic acid groups (broad SMARTS) is 1. The van der Waals surface area contributed by atoms with E-state index in [0.717, 1.165) is 31.4 Å². The minimum atomic E-state index is -0.800. The average Bonchev–Trinajstić information content (AvgIpc) is 2.87. The lowest BCUT2D eigenvalue weighted by Gasteiger charge is -2.38. The Morgan fingerprint density at radius 2 is 1.71 bits per heavy atom. The van der Waals surface area contributed by atoms with E-state index < -0.39 is 6.09 Å². The highest BCUT2D eigenvalue weighted by molar-refractivity contribution is 5.65. The normalized spacial score (nSPS) is 20.5. The molecule has 150 valence electrons. The van der Waals surface area contributed by atoms with Gasteiger partial charge in [0.15, 0.2) is 0 Å². The second kappa shape index (κ2) is 8.68. The number of likely N-dealkylation sites (tertiary alicyclic amines) is 1. The van der Waals surface area contributed by atoms with E-state index in [2.05, 4.69) is 74.6 Å². The Kier molecular flexibility index (Phi) is 6.28. The van der Waals surface area contributed by atoms with E-state index in [1.165, 1.54) is 11.1 Å². The van der Waals surface area contributed by atoms with Gasteiger partial charge in [0.25, 0.3) is 0 Å². The van der Waals surface area contributed by atoms with Crippen LogP contribution in [0.2, 0.25) is 0 Å². The number of amides is 1. The molecule has 0 bridgehead atoms. The quantitative estimate of drug-likeness (QED) is 0.722. The first-order valence-corrected chi connectivity index (χ1v) is 10.2. The molecule has 28 heavy (non-hydrogen) atoms. The van der Waals surface area contributed by atoms with Gasteiger partial charge in [-0.3, -0.25) is 0 Å². The molecular weight excluding hydrogens is 348 g/mol. The monoisotopic (exact) mass is 380 g/mol. The zero-order valence-corrected chi connectivity index (χ0v) is 17.2. The van der Waals surface area contributed by atoms with Gasteiger partial charge in [-0.05, 0) is 54.4 Å². The summed E-state index contributed by atoms with van der Waals surface area (Å²) in [4.78, 5) is 13.4. The summed E-state index contributed by atoms with van der Waals surface area (Å²) in [5.41, 5.74) is 3.64. The standard InChI is InChI=1S/C24H32N2O2/c1-24(2,3)22-17-21(10-7-15-26(22)23(27)28)25-20-13-11-19(12-14-20)16-18-8-5-4-6-9-18/h4-6,8-9,11-14,21-22,25H,7,10,15-17H2,1-3H3,(H,27,28). The molecule has 2 N–H and O–H groups in total. The lowest BCUT2D eigenvalue weighted by molar-refractivity contribution is 0.0826. The molecular formula is C24H32N2O2. The number of rotatable bonds is 4. The van der Waals surface area contributed by atoms with Crippen molar-refractivity contribution in [1.82, 2.24) is 4.90 Å². The van der Waals surface area contributed by atoms with Crippen LogP contribution in [0.4, 0.5) is 10.5 Å². The molecule has 4 nitrogen and oxygen atoms in total. The van der Waals surface area contributed by atoms with Gasteiger partial charge in [0.2, 0.25) is 0 Å². The van der Waals surface area contributed by atoms with E-state index in [1.807, 2.05) is 6.07 Å². The van der Waals surface area contributed by atoms with E-state index in [1.54, 1.807) is 4.90 Å². The topological polar surface area (TPSA) is 52.6 Å². The molecule has 0 spiro atoms. The van der Waals surface area contributed by atoms with Gasteiger partial charge < -0.3 is 15.3 Å². The van der Waals surface area contributed by atoms with Crippen LogP contribution in [0, 0.1) is 5.41 Å². The number of benzene rings is 2. The second-order valence-corrected chi connectivity index (χ2v) is 8.94. The molecule has 4 heteroatoms. The van der Waals surface area contributed by atoms with Gasteiger partial charge in [0.1, 0.15) is 0 Å². The Hall–Kier alpha value is -2.49. The third-order valence-electron chi connectivity index (χ3n) is 5.66. The van der Waals surface area contributed by atoms with Crippen LogP contribution < -0.4 is 5.32 Å². The minimum absolute atomic E-state index is 0.0161. The van der Waals surface area contributed by atoms with Crippen LogP contribution in [-0.4, -0.2) is 34.7 Å². The maximum Gasteiger partial charge on any atom is 0.407 e. The molecule has 0 radical (unpaired) electrons. The highest BCUT2D eigenvalue weighted by atomic mass is 16.4. The van der Waals surface area contributed by atoms with Gasteiger partial charge in [0.05, 0.1) is 0 Å². The molecule has 1 amide bonds. The van der Waals surface area contributed by atoms with E-state index in [4.69, 9.17) is 0 Å². The van der Waals surface area contributed by atoms with E-state index in [9.17, 15) is 9.90 Å². The van der Waals surface area contributed by atoms with Crippen LogP contribution in [0.3, 0.4) is 0 Å². The fourth-order valence-electron chi connectivity index (χ4n) is 4.15. The Bertz CT molecular complexity index is 765. The first kappa shape index (κ1) is 20.2. The predicted molar refractivity (Wildman–Crippen MR) is 115 cm³/mol. The molecule has 1 saturated heterocycles. The number of hydrogen-bond acceptors (Lipinski definition) is 2. The van der Waals surface area contributed by atoms with Crippen molar-refractivity contribution >= 4 is 11.8 Å².